The Bertz CT molecular complexity index is 978. The summed E-state index contributed by atoms with van der Waals surface area (Å²) < 4.78 is 6.56. The second-order valence-corrected chi connectivity index (χ2v) is 5.85. The molecule has 0 saturated heterocycles. The van der Waals surface area contributed by atoms with Crippen molar-refractivity contribution in [3.63, 3.8) is 0 Å². The summed E-state index contributed by atoms with van der Waals surface area (Å²) in [6, 6.07) is 16.2. The minimum absolute atomic E-state index is 0.105. The van der Waals surface area contributed by atoms with Gasteiger partial charge in [-0.05, 0) is 31.2 Å². The van der Waals surface area contributed by atoms with Crippen LogP contribution in [0.15, 0.2) is 65.7 Å². The highest BCUT2D eigenvalue weighted by Crippen LogP contribution is 2.26. The minimum Gasteiger partial charge on any atom is -0.496 e. The topological polar surface area (TPSA) is 73.2 Å². The van der Waals surface area contributed by atoms with E-state index in [4.69, 9.17) is 4.74 Å². The summed E-state index contributed by atoms with van der Waals surface area (Å²) in [6.07, 6.45) is 1.37. The zero-order valence-corrected chi connectivity index (χ0v) is 14.6. The third-order valence-electron chi connectivity index (χ3n) is 3.91. The number of rotatable bonds is 5. The van der Waals surface area contributed by atoms with Gasteiger partial charge in [-0.25, -0.2) is 4.98 Å². The summed E-state index contributed by atoms with van der Waals surface area (Å²) in [7, 11) is 1.56. The van der Waals surface area contributed by atoms with E-state index in [1.807, 2.05) is 49.4 Å². The fourth-order valence-electron chi connectivity index (χ4n) is 2.54. The summed E-state index contributed by atoms with van der Waals surface area (Å²) in [5.74, 6) is 0.344. The number of amides is 1. The SMILES string of the molecule is COc1ccccc1-c1cc(=O)n(CC(=O)Nc2ccc(C)cc2)cn1. The van der Waals surface area contributed by atoms with E-state index >= 15 is 0 Å². The first-order valence-electron chi connectivity index (χ1n) is 8.13. The number of aromatic nitrogens is 2. The standard InChI is InChI=1S/C20H19N3O3/c1-14-7-9-15(10-8-14)22-19(24)12-23-13-21-17(11-20(23)25)16-5-3-4-6-18(16)26-2/h3-11,13H,12H2,1-2H3,(H,22,24). The van der Waals surface area contributed by atoms with Crippen LogP contribution in [-0.4, -0.2) is 22.6 Å². The molecule has 0 spiro atoms. The first-order valence-corrected chi connectivity index (χ1v) is 8.13. The number of nitrogens with zero attached hydrogens (tertiary/aromatic N) is 2. The Balaban J connectivity index is 1.76. The van der Waals surface area contributed by atoms with Gasteiger partial charge in [-0.3, -0.25) is 14.2 Å². The predicted octanol–water partition coefficient (Wildman–Crippen LogP) is 2.87. The van der Waals surface area contributed by atoms with Crippen molar-refractivity contribution in [2.45, 2.75) is 13.5 Å². The Morgan fingerprint density at radius 1 is 1.15 bits per heavy atom. The number of carbonyl (C=O) groups is 1. The van der Waals surface area contributed by atoms with Crippen molar-refractivity contribution in [1.82, 2.24) is 9.55 Å². The largest absolute Gasteiger partial charge is 0.496 e. The van der Waals surface area contributed by atoms with Crippen molar-refractivity contribution in [3.8, 4) is 17.0 Å². The van der Waals surface area contributed by atoms with Crippen LogP contribution in [0.3, 0.4) is 0 Å². The van der Waals surface area contributed by atoms with E-state index in [0.717, 1.165) is 11.1 Å². The summed E-state index contributed by atoms with van der Waals surface area (Å²) in [5, 5.41) is 2.76. The van der Waals surface area contributed by atoms with Gasteiger partial charge in [0.2, 0.25) is 5.91 Å². The molecule has 0 aliphatic carbocycles. The first-order chi connectivity index (χ1) is 12.6. The molecule has 0 unspecified atom stereocenters. The third-order valence-corrected chi connectivity index (χ3v) is 3.91. The molecule has 1 amide bonds. The molecule has 0 aliphatic heterocycles. The van der Waals surface area contributed by atoms with Crippen molar-refractivity contribution in [1.29, 1.82) is 0 Å². The molecular formula is C20H19N3O3. The van der Waals surface area contributed by atoms with Crippen LogP contribution in [0.5, 0.6) is 5.75 Å². The number of hydrogen-bond acceptors (Lipinski definition) is 4. The molecule has 6 nitrogen and oxygen atoms in total. The van der Waals surface area contributed by atoms with Gasteiger partial charge in [-0.2, -0.15) is 0 Å². The van der Waals surface area contributed by atoms with Gasteiger partial charge in [0.05, 0.1) is 19.1 Å². The summed E-state index contributed by atoms with van der Waals surface area (Å²) >= 11 is 0. The van der Waals surface area contributed by atoms with Crippen LogP contribution >= 0.6 is 0 Å². The number of hydrogen-bond donors (Lipinski definition) is 1. The van der Waals surface area contributed by atoms with Crippen LogP contribution in [0.1, 0.15) is 5.56 Å². The van der Waals surface area contributed by atoms with E-state index in [1.165, 1.54) is 17.0 Å². The Hall–Kier alpha value is -3.41. The number of benzene rings is 2. The van der Waals surface area contributed by atoms with Gasteiger partial charge < -0.3 is 10.1 Å². The van der Waals surface area contributed by atoms with Gasteiger partial charge in [-0.1, -0.05) is 29.8 Å². The fourth-order valence-corrected chi connectivity index (χ4v) is 2.54. The second kappa shape index (κ2) is 7.65. The molecule has 0 aliphatic rings. The molecule has 26 heavy (non-hydrogen) atoms. The van der Waals surface area contributed by atoms with Gasteiger partial charge in [0.25, 0.3) is 5.56 Å². The fraction of sp³-hybridized carbons (Fsp3) is 0.150. The number of anilines is 1. The molecule has 3 rings (SSSR count). The molecule has 0 radical (unpaired) electrons. The van der Waals surface area contributed by atoms with Crippen LogP contribution in [0.25, 0.3) is 11.3 Å². The first kappa shape index (κ1) is 17.4. The summed E-state index contributed by atoms with van der Waals surface area (Å²) in [6.45, 7) is 1.87. The number of para-hydroxylation sites is 1. The van der Waals surface area contributed by atoms with E-state index in [9.17, 15) is 9.59 Å². The molecule has 0 fully saturated rings. The highest BCUT2D eigenvalue weighted by atomic mass is 16.5. The number of aryl methyl sites for hydroxylation is 1. The zero-order valence-electron chi connectivity index (χ0n) is 14.6. The molecule has 1 N–H and O–H groups in total. The zero-order chi connectivity index (χ0) is 18.5. The Morgan fingerprint density at radius 3 is 2.58 bits per heavy atom. The third kappa shape index (κ3) is 3.97. The monoisotopic (exact) mass is 349 g/mol. The van der Waals surface area contributed by atoms with Crippen molar-refractivity contribution >= 4 is 11.6 Å². The quantitative estimate of drug-likeness (QED) is 0.769. The lowest BCUT2D eigenvalue weighted by molar-refractivity contribution is -0.116. The van der Waals surface area contributed by atoms with Crippen LogP contribution in [-0.2, 0) is 11.3 Å². The average Bonchev–Trinajstić information content (AvgIpc) is 2.65. The van der Waals surface area contributed by atoms with Crippen molar-refractivity contribution in [3.05, 3.63) is 76.8 Å². The molecule has 6 heteroatoms. The lowest BCUT2D eigenvalue weighted by Gasteiger charge is -2.10. The Morgan fingerprint density at radius 2 is 1.88 bits per heavy atom. The molecular weight excluding hydrogens is 330 g/mol. The van der Waals surface area contributed by atoms with E-state index in [1.54, 1.807) is 13.2 Å². The molecule has 0 atom stereocenters. The smallest absolute Gasteiger partial charge is 0.254 e. The minimum atomic E-state index is -0.306. The van der Waals surface area contributed by atoms with Crippen LogP contribution in [0.2, 0.25) is 0 Å². The highest BCUT2D eigenvalue weighted by Gasteiger charge is 2.10. The predicted molar refractivity (Wildman–Crippen MR) is 100 cm³/mol. The van der Waals surface area contributed by atoms with Crippen molar-refractivity contribution in [2.75, 3.05) is 12.4 Å². The molecule has 3 aromatic rings. The summed E-state index contributed by atoms with van der Waals surface area (Å²) in [5.41, 5.74) is 2.72. The maximum atomic E-state index is 12.3. The van der Waals surface area contributed by atoms with Gasteiger partial charge in [0.1, 0.15) is 12.3 Å². The van der Waals surface area contributed by atoms with Gasteiger partial charge in [-0.15, -0.1) is 0 Å². The lowest BCUT2D eigenvalue weighted by atomic mass is 10.1. The maximum absolute atomic E-state index is 12.3. The summed E-state index contributed by atoms with van der Waals surface area (Å²) in [4.78, 5) is 28.8. The molecule has 2 aromatic carbocycles. The highest BCUT2D eigenvalue weighted by molar-refractivity contribution is 5.90. The number of carbonyl (C=O) groups excluding carboxylic acids is 1. The molecule has 1 aromatic heterocycles. The Labute approximate surface area is 151 Å². The number of nitrogens with one attached hydrogen (secondary N) is 1. The maximum Gasteiger partial charge on any atom is 0.254 e. The van der Waals surface area contributed by atoms with Gasteiger partial charge >= 0.3 is 0 Å². The van der Waals surface area contributed by atoms with Gasteiger partial charge in [0.15, 0.2) is 0 Å². The number of methoxy groups -OCH3 is 1. The normalized spacial score (nSPS) is 10.4. The molecule has 1 heterocycles. The van der Waals surface area contributed by atoms with E-state index in [2.05, 4.69) is 10.3 Å². The van der Waals surface area contributed by atoms with Crippen LogP contribution in [0, 0.1) is 6.92 Å². The van der Waals surface area contributed by atoms with Crippen molar-refractivity contribution in [2.24, 2.45) is 0 Å². The molecule has 0 saturated carbocycles. The van der Waals surface area contributed by atoms with Crippen LogP contribution < -0.4 is 15.6 Å². The number of ether oxygens (including phenoxy) is 1. The average molecular weight is 349 g/mol. The van der Waals surface area contributed by atoms with E-state index in [-0.39, 0.29) is 18.0 Å². The second-order valence-electron chi connectivity index (χ2n) is 5.85. The van der Waals surface area contributed by atoms with Crippen LogP contribution in [0.4, 0.5) is 5.69 Å². The lowest BCUT2D eigenvalue weighted by Crippen LogP contribution is -2.27. The van der Waals surface area contributed by atoms with Gasteiger partial charge in [0, 0.05) is 17.3 Å². The molecule has 132 valence electrons. The van der Waals surface area contributed by atoms with Crippen molar-refractivity contribution < 1.29 is 9.53 Å². The van der Waals surface area contributed by atoms with E-state index in [0.29, 0.717) is 17.1 Å². The van der Waals surface area contributed by atoms with E-state index < -0.39 is 0 Å². The molecule has 0 bridgehead atoms. The Kier molecular flexibility index (Phi) is 5.12.